The summed E-state index contributed by atoms with van der Waals surface area (Å²) in [6.07, 6.45) is 7.59. The van der Waals surface area contributed by atoms with Gasteiger partial charge in [0, 0.05) is 6.61 Å². The van der Waals surface area contributed by atoms with Gasteiger partial charge in [-0.05, 0) is 50.2 Å². The van der Waals surface area contributed by atoms with Gasteiger partial charge in [-0.3, -0.25) is 0 Å². The molecule has 0 rings (SSSR count). The lowest BCUT2D eigenvalue weighted by atomic mass is 10.1. The van der Waals surface area contributed by atoms with Crippen LogP contribution in [0, 0.1) is 0 Å². The van der Waals surface area contributed by atoms with Crippen LogP contribution in [0.25, 0.3) is 0 Å². The van der Waals surface area contributed by atoms with Crippen molar-refractivity contribution in [3.8, 4) is 0 Å². The highest BCUT2D eigenvalue weighted by atomic mass is 28.4. The van der Waals surface area contributed by atoms with Crippen molar-refractivity contribution >= 4 is 8.32 Å². The smallest absolute Gasteiger partial charge is 0.191 e. The van der Waals surface area contributed by atoms with Crippen molar-refractivity contribution in [1.29, 1.82) is 0 Å². The zero-order chi connectivity index (χ0) is 14.2. The maximum Gasteiger partial charge on any atom is 0.191 e. The van der Waals surface area contributed by atoms with E-state index in [9.17, 15) is 0 Å². The van der Waals surface area contributed by atoms with Crippen molar-refractivity contribution < 1.29 is 4.43 Å². The normalized spacial score (nSPS) is 12.5. The van der Waals surface area contributed by atoms with Crippen LogP contribution >= 0.6 is 0 Å². The molecule has 0 aliphatic carbocycles. The summed E-state index contributed by atoms with van der Waals surface area (Å²) in [5.41, 5.74) is 1.35. The van der Waals surface area contributed by atoms with Crippen LogP contribution < -0.4 is 0 Å². The first-order chi connectivity index (χ1) is 8.20. The molecule has 106 valence electrons. The molecule has 0 fully saturated rings. The Morgan fingerprint density at radius 1 is 1.17 bits per heavy atom. The molecule has 0 spiro atoms. The molecular formula is C16H32OSi. The Morgan fingerprint density at radius 3 is 2.28 bits per heavy atom. The Labute approximate surface area is 115 Å². The predicted molar refractivity (Wildman–Crippen MR) is 85.6 cm³/mol. The van der Waals surface area contributed by atoms with Crippen molar-refractivity contribution in [3.63, 3.8) is 0 Å². The van der Waals surface area contributed by atoms with Crippen molar-refractivity contribution in [2.24, 2.45) is 0 Å². The summed E-state index contributed by atoms with van der Waals surface area (Å²) in [7, 11) is -1.54. The SMILES string of the molecule is C=CCCC(=C)CCCCO[Si](C)(C)C(C)(C)C. The molecule has 0 bridgehead atoms. The maximum absolute atomic E-state index is 6.15. The van der Waals surface area contributed by atoms with Crippen LogP contribution in [0.5, 0.6) is 0 Å². The van der Waals surface area contributed by atoms with E-state index < -0.39 is 8.32 Å². The quantitative estimate of drug-likeness (QED) is 0.296. The second kappa shape index (κ2) is 7.95. The molecule has 2 heteroatoms. The van der Waals surface area contributed by atoms with E-state index in [0.717, 1.165) is 32.3 Å². The second-order valence-corrected chi connectivity index (χ2v) is 11.5. The van der Waals surface area contributed by atoms with Gasteiger partial charge >= 0.3 is 0 Å². The minimum absolute atomic E-state index is 0.320. The van der Waals surface area contributed by atoms with E-state index in [0.29, 0.717) is 5.04 Å². The summed E-state index contributed by atoms with van der Waals surface area (Å²) in [5, 5.41) is 0.320. The van der Waals surface area contributed by atoms with Crippen LogP contribution in [0.4, 0.5) is 0 Å². The fraction of sp³-hybridized carbons (Fsp3) is 0.750. The minimum Gasteiger partial charge on any atom is -0.417 e. The number of hydrogen-bond donors (Lipinski definition) is 0. The maximum atomic E-state index is 6.15. The zero-order valence-corrected chi connectivity index (χ0v) is 14.1. The largest absolute Gasteiger partial charge is 0.417 e. The van der Waals surface area contributed by atoms with Gasteiger partial charge in [-0.25, -0.2) is 0 Å². The van der Waals surface area contributed by atoms with Crippen LogP contribution in [0.2, 0.25) is 18.1 Å². The third kappa shape index (κ3) is 7.17. The molecule has 0 heterocycles. The molecule has 1 nitrogen and oxygen atoms in total. The fourth-order valence-corrected chi connectivity index (χ4v) is 2.54. The Hall–Kier alpha value is -0.343. The van der Waals surface area contributed by atoms with E-state index in [1.807, 2.05) is 6.08 Å². The topological polar surface area (TPSA) is 9.23 Å². The third-order valence-corrected chi connectivity index (χ3v) is 8.43. The lowest BCUT2D eigenvalue weighted by Gasteiger charge is -2.36. The highest BCUT2D eigenvalue weighted by molar-refractivity contribution is 6.74. The fourth-order valence-electron chi connectivity index (χ4n) is 1.45. The highest BCUT2D eigenvalue weighted by Gasteiger charge is 2.36. The van der Waals surface area contributed by atoms with Crippen LogP contribution in [0.15, 0.2) is 24.8 Å². The van der Waals surface area contributed by atoms with Gasteiger partial charge in [0.1, 0.15) is 0 Å². The molecular weight excluding hydrogens is 236 g/mol. The molecule has 0 radical (unpaired) electrons. The molecule has 0 aromatic carbocycles. The number of rotatable bonds is 9. The number of unbranched alkanes of at least 4 members (excludes halogenated alkanes) is 1. The molecule has 0 amide bonds. The van der Waals surface area contributed by atoms with Gasteiger partial charge in [0.2, 0.25) is 0 Å². The van der Waals surface area contributed by atoms with E-state index in [1.54, 1.807) is 0 Å². The monoisotopic (exact) mass is 268 g/mol. The van der Waals surface area contributed by atoms with Crippen LogP contribution in [-0.4, -0.2) is 14.9 Å². The molecule has 0 aromatic rings. The summed E-state index contributed by atoms with van der Waals surface area (Å²) in [6, 6.07) is 0. The lowest BCUT2D eigenvalue weighted by molar-refractivity contribution is 0.279. The Bertz CT molecular complexity index is 261. The predicted octanol–water partition coefficient (Wildman–Crippen LogP) is 5.70. The Morgan fingerprint density at radius 2 is 1.78 bits per heavy atom. The average molecular weight is 269 g/mol. The van der Waals surface area contributed by atoms with Crippen LogP contribution in [0.1, 0.15) is 52.9 Å². The molecule has 0 aromatic heterocycles. The summed E-state index contributed by atoms with van der Waals surface area (Å²) in [5.74, 6) is 0. The zero-order valence-electron chi connectivity index (χ0n) is 13.1. The summed E-state index contributed by atoms with van der Waals surface area (Å²) >= 11 is 0. The lowest BCUT2D eigenvalue weighted by Crippen LogP contribution is -2.40. The second-order valence-electron chi connectivity index (χ2n) is 6.64. The molecule has 18 heavy (non-hydrogen) atoms. The van der Waals surface area contributed by atoms with Crippen LogP contribution in [-0.2, 0) is 4.43 Å². The Balaban J connectivity index is 3.69. The van der Waals surface area contributed by atoms with E-state index in [2.05, 4.69) is 47.0 Å². The van der Waals surface area contributed by atoms with E-state index in [1.165, 1.54) is 12.0 Å². The summed E-state index contributed by atoms with van der Waals surface area (Å²) in [4.78, 5) is 0. The van der Waals surface area contributed by atoms with Crippen molar-refractivity contribution in [3.05, 3.63) is 24.8 Å². The van der Waals surface area contributed by atoms with Gasteiger partial charge < -0.3 is 4.43 Å². The number of allylic oxidation sites excluding steroid dienone is 2. The van der Waals surface area contributed by atoms with Gasteiger partial charge in [0.25, 0.3) is 0 Å². The summed E-state index contributed by atoms with van der Waals surface area (Å²) < 4.78 is 6.15. The van der Waals surface area contributed by atoms with Crippen LogP contribution in [0.3, 0.4) is 0 Å². The molecule has 0 saturated carbocycles. The first-order valence-corrected chi connectivity index (χ1v) is 10.0. The van der Waals surface area contributed by atoms with Gasteiger partial charge in [-0.15, -0.1) is 6.58 Å². The first-order valence-electron chi connectivity index (χ1n) is 7.12. The molecule has 0 saturated heterocycles. The molecule has 0 aliphatic rings. The molecule has 0 unspecified atom stereocenters. The molecule has 0 aliphatic heterocycles. The molecule has 0 atom stereocenters. The Kier molecular flexibility index (Phi) is 7.80. The van der Waals surface area contributed by atoms with Gasteiger partial charge in [0.15, 0.2) is 8.32 Å². The standard InChI is InChI=1S/C16H32OSi/c1-8-9-12-15(2)13-10-11-14-17-18(6,7)16(3,4)5/h8H,1-2,9-14H2,3-7H3. The van der Waals surface area contributed by atoms with Crippen molar-refractivity contribution in [2.45, 2.75) is 71.0 Å². The van der Waals surface area contributed by atoms with Gasteiger partial charge in [-0.1, -0.05) is 39.0 Å². The van der Waals surface area contributed by atoms with E-state index in [-0.39, 0.29) is 0 Å². The van der Waals surface area contributed by atoms with Gasteiger partial charge in [-0.2, -0.15) is 0 Å². The van der Waals surface area contributed by atoms with E-state index >= 15 is 0 Å². The highest BCUT2D eigenvalue weighted by Crippen LogP contribution is 2.36. The van der Waals surface area contributed by atoms with E-state index in [4.69, 9.17) is 4.43 Å². The minimum atomic E-state index is -1.54. The van der Waals surface area contributed by atoms with Gasteiger partial charge in [0.05, 0.1) is 0 Å². The summed E-state index contributed by atoms with van der Waals surface area (Å²) in [6.45, 7) is 20.2. The average Bonchev–Trinajstić information content (AvgIpc) is 2.24. The first kappa shape index (κ1) is 17.7. The third-order valence-electron chi connectivity index (χ3n) is 3.90. The van der Waals surface area contributed by atoms with Crippen molar-refractivity contribution in [1.82, 2.24) is 0 Å². The number of hydrogen-bond acceptors (Lipinski definition) is 1. The molecule has 0 N–H and O–H groups in total. The van der Waals surface area contributed by atoms with Crippen molar-refractivity contribution in [2.75, 3.05) is 6.61 Å².